The van der Waals surface area contributed by atoms with Gasteiger partial charge in [-0.15, -0.1) is 0 Å². The number of carbonyl (C=O) groups is 2. The molecule has 1 saturated carbocycles. The van der Waals surface area contributed by atoms with Gasteiger partial charge in [-0.1, -0.05) is 37.5 Å². The van der Waals surface area contributed by atoms with Crippen LogP contribution in [0.15, 0.2) is 23.1 Å². The molecule has 2 N–H and O–H groups in total. The monoisotopic (exact) mass is 410 g/mol. The van der Waals surface area contributed by atoms with Gasteiger partial charge < -0.3 is 10.1 Å². The number of carbonyl (C=O) groups excluding carboxylic acids is 2. The second-order valence-electron chi connectivity index (χ2n) is 7.51. The highest BCUT2D eigenvalue weighted by Gasteiger charge is 2.23. The molecule has 156 valence electrons. The first-order valence-corrected chi connectivity index (χ1v) is 11.2. The van der Waals surface area contributed by atoms with E-state index in [2.05, 4.69) is 17.0 Å². The molecule has 0 aromatic heterocycles. The molecule has 2 rings (SSSR count). The van der Waals surface area contributed by atoms with Gasteiger partial charge in [-0.25, -0.2) is 13.1 Å². The minimum atomic E-state index is -3.70. The summed E-state index contributed by atoms with van der Waals surface area (Å²) >= 11 is 0. The number of benzene rings is 1. The summed E-state index contributed by atoms with van der Waals surface area (Å²) in [5.41, 5.74) is 1.62. The van der Waals surface area contributed by atoms with E-state index in [0.717, 1.165) is 24.8 Å². The number of ether oxygens (including phenoxy) is 1. The molecule has 28 heavy (non-hydrogen) atoms. The van der Waals surface area contributed by atoms with Crippen molar-refractivity contribution in [1.82, 2.24) is 10.0 Å². The Morgan fingerprint density at radius 2 is 1.89 bits per heavy atom. The van der Waals surface area contributed by atoms with Crippen LogP contribution in [0.1, 0.15) is 50.2 Å². The first kappa shape index (κ1) is 22.4. The van der Waals surface area contributed by atoms with Crippen LogP contribution in [0.2, 0.25) is 0 Å². The normalized spacial score (nSPS) is 19.8. The first-order chi connectivity index (χ1) is 13.2. The zero-order valence-electron chi connectivity index (χ0n) is 16.8. The topological polar surface area (TPSA) is 102 Å². The van der Waals surface area contributed by atoms with E-state index in [1.807, 2.05) is 6.92 Å². The Hall–Kier alpha value is -1.93. The number of sulfonamides is 1. The van der Waals surface area contributed by atoms with E-state index in [0.29, 0.717) is 11.5 Å². The van der Waals surface area contributed by atoms with Crippen molar-refractivity contribution < 1.29 is 22.7 Å². The zero-order chi connectivity index (χ0) is 20.7. The van der Waals surface area contributed by atoms with Gasteiger partial charge in [0.05, 0.1) is 11.3 Å². The van der Waals surface area contributed by atoms with Gasteiger partial charge in [-0.05, 0) is 44.2 Å². The summed E-state index contributed by atoms with van der Waals surface area (Å²) in [4.78, 5) is 23.9. The molecular formula is C20H30N2O5S. The van der Waals surface area contributed by atoms with E-state index in [1.165, 1.54) is 6.42 Å². The number of hydrogen-bond donors (Lipinski definition) is 2. The second-order valence-corrected chi connectivity index (χ2v) is 9.25. The number of nitrogens with one attached hydrogen (secondary N) is 2. The van der Waals surface area contributed by atoms with E-state index in [4.69, 9.17) is 4.74 Å². The molecular weight excluding hydrogens is 380 g/mol. The third kappa shape index (κ3) is 6.60. The average molecular weight is 411 g/mol. The third-order valence-electron chi connectivity index (χ3n) is 5.06. The summed E-state index contributed by atoms with van der Waals surface area (Å²) in [6.45, 7) is 5.29. The van der Waals surface area contributed by atoms with Gasteiger partial charge in [-0.2, -0.15) is 0 Å². The van der Waals surface area contributed by atoms with Crippen LogP contribution in [0.5, 0.6) is 0 Å². The van der Waals surface area contributed by atoms with E-state index in [1.54, 1.807) is 25.1 Å². The fourth-order valence-electron chi connectivity index (χ4n) is 3.46. The Morgan fingerprint density at radius 1 is 1.18 bits per heavy atom. The highest BCUT2D eigenvalue weighted by atomic mass is 32.2. The average Bonchev–Trinajstić information content (AvgIpc) is 2.61. The van der Waals surface area contributed by atoms with Crippen molar-refractivity contribution in [3.05, 3.63) is 29.3 Å². The maximum Gasteiger partial charge on any atom is 0.307 e. The lowest BCUT2D eigenvalue weighted by Crippen LogP contribution is -2.43. The molecule has 7 nitrogen and oxygen atoms in total. The van der Waals surface area contributed by atoms with Crippen LogP contribution in [0.25, 0.3) is 0 Å². The molecule has 0 radical (unpaired) electrons. The zero-order valence-corrected chi connectivity index (χ0v) is 17.6. The summed E-state index contributed by atoms with van der Waals surface area (Å²) in [7, 11) is -3.70. The Kier molecular flexibility index (Phi) is 8.00. The molecule has 2 atom stereocenters. The van der Waals surface area contributed by atoms with Crippen LogP contribution in [0.3, 0.4) is 0 Å². The van der Waals surface area contributed by atoms with Gasteiger partial charge >= 0.3 is 5.97 Å². The molecule has 0 unspecified atom stereocenters. The summed E-state index contributed by atoms with van der Waals surface area (Å²) in [5, 5.41) is 2.91. The van der Waals surface area contributed by atoms with Crippen LogP contribution < -0.4 is 10.0 Å². The van der Waals surface area contributed by atoms with Gasteiger partial charge in [0.1, 0.15) is 0 Å². The van der Waals surface area contributed by atoms with Gasteiger partial charge in [0.15, 0.2) is 6.61 Å². The van der Waals surface area contributed by atoms with Crippen molar-refractivity contribution >= 4 is 21.9 Å². The molecule has 0 heterocycles. The smallest absolute Gasteiger partial charge is 0.307 e. The van der Waals surface area contributed by atoms with E-state index < -0.39 is 16.0 Å². The van der Waals surface area contributed by atoms with Gasteiger partial charge in [0.25, 0.3) is 5.91 Å². The molecule has 0 saturated heterocycles. The van der Waals surface area contributed by atoms with Crippen molar-refractivity contribution in [3.63, 3.8) is 0 Å². The Morgan fingerprint density at radius 3 is 2.57 bits per heavy atom. The maximum atomic E-state index is 12.3. The Bertz CT molecular complexity index is 807. The van der Waals surface area contributed by atoms with Crippen LogP contribution in [-0.2, 0) is 24.3 Å². The number of aryl methyl sites for hydroxylation is 2. The minimum absolute atomic E-state index is 0.0875. The lowest BCUT2D eigenvalue weighted by molar-refractivity contribution is -0.148. The lowest BCUT2D eigenvalue weighted by atomic mass is 9.86. The largest absolute Gasteiger partial charge is 0.456 e. The molecule has 1 amide bonds. The number of rotatable bonds is 8. The SMILES string of the molecule is Cc1ccc(S(=O)(=O)NCCC(=O)OCC(=O)N[C@@H]2CCCC[C@@H]2C)c(C)c1. The van der Waals surface area contributed by atoms with E-state index in [-0.39, 0.29) is 36.4 Å². The van der Waals surface area contributed by atoms with E-state index >= 15 is 0 Å². The lowest BCUT2D eigenvalue weighted by Gasteiger charge is -2.29. The highest BCUT2D eigenvalue weighted by Crippen LogP contribution is 2.23. The first-order valence-electron chi connectivity index (χ1n) is 9.71. The minimum Gasteiger partial charge on any atom is -0.456 e. The van der Waals surface area contributed by atoms with Crippen molar-refractivity contribution in [2.75, 3.05) is 13.2 Å². The molecule has 1 aliphatic carbocycles. The van der Waals surface area contributed by atoms with Crippen molar-refractivity contribution in [1.29, 1.82) is 0 Å². The fraction of sp³-hybridized carbons (Fsp3) is 0.600. The molecule has 1 aromatic rings. The van der Waals surface area contributed by atoms with E-state index in [9.17, 15) is 18.0 Å². The summed E-state index contributed by atoms with van der Waals surface area (Å²) in [6.07, 6.45) is 4.17. The molecule has 8 heteroatoms. The molecule has 1 fully saturated rings. The van der Waals surface area contributed by atoms with Crippen LogP contribution in [-0.4, -0.2) is 39.5 Å². The molecule has 0 bridgehead atoms. The quantitative estimate of drug-likeness (QED) is 0.640. The van der Waals surface area contributed by atoms with Crippen molar-refractivity contribution in [2.24, 2.45) is 5.92 Å². The molecule has 1 aliphatic rings. The molecule has 0 spiro atoms. The second kappa shape index (κ2) is 10.0. The predicted molar refractivity (Wildman–Crippen MR) is 106 cm³/mol. The van der Waals surface area contributed by atoms with Gasteiger partial charge in [0.2, 0.25) is 10.0 Å². The van der Waals surface area contributed by atoms with Crippen LogP contribution in [0, 0.1) is 19.8 Å². The highest BCUT2D eigenvalue weighted by molar-refractivity contribution is 7.89. The van der Waals surface area contributed by atoms with Crippen LogP contribution in [0.4, 0.5) is 0 Å². The van der Waals surface area contributed by atoms with Crippen LogP contribution >= 0.6 is 0 Å². The van der Waals surface area contributed by atoms with Gasteiger partial charge in [0, 0.05) is 12.6 Å². The summed E-state index contributed by atoms with van der Waals surface area (Å²) in [5.74, 6) is -0.508. The number of esters is 1. The summed E-state index contributed by atoms with van der Waals surface area (Å²) < 4.78 is 32.0. The summed E-state index contributed by atoms with van der Waals surface area (Å²) in [6, 6.07) is 5.18. The van der Waals surface area contributed by atoms with Crippen molar-refractivity contribution in [3.8, 4) is 0 Å². The standard InChI is InChI=1S/C20H30N2O5S/c1-14-8-9-18(16(3)12-14)28(25,26)21-11-10-20(24)27-13-19(23)22-17-7-5-4-6-15(17)2/h8-9,12,15,17,21H,4-7,10-11,13H2,1-3H3,(H,22,23)/t15-,17+/m0/s1. The molecule has 1 aromatic carbocycles. The maximum absolute atomic E-state index is 12.3. The Labute approximate surface area is 167 Å². The Balaban J connectivity index is 1.72. The predicted octanol–water partition coefficient (Wildman–Crippen LogP) is 2.21. The number of amides is 1. The third-order valence-corrected chi connectivity index (χ3v) is 6.68. The van der Waals surface area contributed by atoms with Gasteiger partial charge in [-0.3, -0.25) is 9.59 Å². The van der Waals surface area contributed by atoms with Crippen molar-refractivity contribution in [2.45, 2.75) is 63.8 Å². The number of hydrogen-bond acceptors (Lipinski definition) is 5. The molecule has 0 aliphatic heterocycles. The fourth-order valence-corrected chi connectivity index (χ4v) is 4.72.